The van der Waals surface area contributed by atoms with Gasteiger partial charge in [-0.2, -0.15) is 45.3 Å². The number of H-pyrrole nitrogens is 2. The molecule has 4 aliphatic rings. The van der Waals surface area contributed by atoms with Crippen molar-refractivity contribution in [3.63, 3.8) is 0 Å². The summed E-state index contributed by atoms with van der Waals surface area (Å²) in [4.78, 5) is 37.1. The summed E-state index contributed by atoms with van der Waals surface area (Å²) >= 11 is 0. The number of pyridine rings is 2. The van der Waals surface area contributed by atoms with Crippen molar-refractivity contribution >= 4 is 55.9 Å². The number of morpholine rings is 1. The topological polar surface area (TPSA) is 196 Å². The smallest absolute Gasteiger partial charge is 0.393 e. The first-order valence-electron chi connectivity index (χ1n) is 31.1. The molecule has 95 heavy (non-hydrogen) atoms. The molecule has 6 heterocycles. The second-order valence-corrected chi connectivity index (χ2v) is 23.9. The lowest BCUT2D eigenvalue weighted by atomic mass is 9.88. The van der Waals surface area contributed by atoms with Crippen molar-refractivity contribution in [2.75, 3.05) is 59.1 Å². The summed E-state index contributed by atoms with van der Waals surface area (Å²) in [5, 5.41) is 29.2. The number of hydrogen-bond donors (Lipinski definition) is 5. The Bertz CT molecular complexity index is 4050. The van der Waals surface area contributed by atoms with E-state index >= 15 is 0 Å². The third-order valence-corrected chi connectivity index (χ3v) is 17.0. The first-order chi connectivity index (χ1) is 45.2. The summed E-state index contributed by atoms with van der Waals surface area (Å²) in [5.74, 6) is -0.871. The standard InChI is InChI=1S/C36H37F4N5O3.C34H33F4N5O3.CH4/c1-2-27-22-45(17-18-47-27)32(46)9-6-16-42-35(14-15-35)23-48-31-13-11-26(21-41-31)33(25-10-12-30-28(19-25)34(37)44-43-30)29(20-36(38,39)40)24-7-4-3-5-8-24;35-32-26-17-23(8-10-28(26)41-42-32)31(27(18-34(36,37)38)22-5-2-1-3-6-22)24-9-11-29(39-19-24)46-21-33(13-14-33)40-15-4-7-30(45)43-16-12-25(44)20-43;/h3-13,19,21,27,42H,2,14-18,20,22-23H2,1H3,(H,43,44);1-11,17,19,25,40,44H,12-16,18,20-21H2,(H,41,42);1H4/b9-6+,33-29-;7-4+,31-27-;/t27-;25-;/m00./s1. The summed E-state index contributed by atoms with van der Waals surface area (Å²) in [6.45, 7) is 6.30. The van der Waals surface area contributed by atoms with Gasteiger partial charge in [0.2, 0.25) is 35.5 Å². The lowest BCUT2D eigenvalue weighted by Gasteiger charge is -2.31. The van der Waals surface area contributed by atoms with Crippen molar-refractivity contribution in [1.29, 1.82) is 0 Å². The fraction of sp³-hybridized carbons (Fsp3) is 0.352. The molecule has 0 unspecified atom stereocenters. The average Bonchev–Trinajstić information content (AvgIpc) is 1.63. The van der Waals surface area contributed by atoms with Crippen LogP contribution >= 0.6 is 0 Å². The number of amides is 2. The highest BCUT2D eigenvalue weighted by atomic mass is 19.4. The van der Waals surface area contributed by atoms with Gasteiger partial charge in [0.05, 0.1) is 64.5 Å². The number of carbonyl (C=O) groups excluding carboxylic acids is 2. The normalized spacial score (nSPS) is 18.1. The molecular formula is C71H74F8N10O6. The van der Waals surface area contributed by atoms with Crippen LogP contribution in [0.3, 0.4) is 0 Å². The summed E-state index contributed by atoms with van der Waals surface area (Å²) in [6.07, 6.45) is 2.82. The monoisotopic (exact) mass is 1310 g/mol. The van der Waals surface area contributed by atoms with Crippen molar-refractivity contribution in [3.05, 3.63) is 203 Å². The zero-order valence-electron chi connectivity index (χ0n) is 51.4. The minimum atomic E-state index is -4.51. The Morgan fingerprint density at radius 2 is 1.06 bits per heavy atom. The molecule has 4 aromatic carbocycles. The first kappa shape index (κ1) is 68.8. The van der Waals surface area contributed by atoms with E-state index in [2.05, 4.69) is 41.0 Å². The number of β-amino-alcohol motifs (C(OH)–C–C–N with tert-alkyl or cyclic N) is 1. The highest BCUT2D eigenvalue weighted by Gasteiger charge is 2.44. The summed E-state index contributed by atoms with van der Waals surface area (Å²) in [6, 6.07) is 32.6. The summed E-state index contributed by atoms with van der Waals surface area (Å²) in [5.41, 5.74) is 3.23. The molecular weight excluding hydrogens is 1240 g/mol. The zero-order chi connectivity index (χ0) is 66.0. The molecule has 2 saturated heterocycles. The Hall–Kier alpha value is -9.10. The zero-order valence-corrected chi connectivity index (χ0v) is 51.4. The third-order valence-electron chi connectivity index (χ3n) is 17.0. The molecule has 4 aromatic heterocycles. The lowest BCUT2D eigenvalue weighted by molar-refractivity contribution is -0.133. The molecule has 24 heteroatoms. The highest BCUT2D eigenvalue weighted by molar-refractivity contribution is 6.02. The molecule has 0 radical (unpaired) electrons. The molecule has 2 atom stereocenters. The van der Waals surface area contributed by atoms with Gasteiger partial charge >= 0.3 is 12.4 Å². The number of halogens is 8. The van der Waals surface area contributed by atoms with Gasteiger partial charge < -0.3 is 39.8 Å². The van der Waals surface area contributed by atoms with Crippen molar-refractivity contribution in [3.8, 4) is 11.8 Å². The van der Waals surface area contributed by atoms with E-state index in [-0.39, 0.29) is 69.5 Å². The number of benzene rings is 4. The second kappa shape index (κ2) is 30.1. The highest BCUT2D eigenvalue weighted by Crippen LogP contribution is 2.43. The van der Waals surface area contributed by atoms with E-state index in [1.54, 1.807) is 131 Å². The molecule has 2 aliphatic heterocycles. The van der Waals surface area contributed by atoms with Gasteiger partial charge in [-0.15, -0.1) is 0 Å². The number of nitrogens with one attached hydrogen (secondary N) is 4. The van der Waals surface area contributed by atoms with E-state index in [0.29, 0.717) is 122 Å². The van der Waals surface area contributed by atoms with E-state index < -0.39 is 43.2 Å². The van der Waals surface area contributed by atoms with Gasteiger partial charge in [-0.05, 0) is 119 Å². The number of nitrogens with zero attached hydrogens (tertiary/aromatic N) is 6. The van der Waals surface area contributed by atoms with Crippen LogP contribution in [0, 0.1) is 11.9 Å². The maximum absolute atomic E-state index is 14.5. The number of aliphatic hydroxyl groups is 1. The quantitative estimate of drug-likeness (QED) is 0.0231. The van der Waals surface area contributed by atoms with Crippen LogP contribution in [0.5, 0.6) is 11.8 Å². The number of rotatable bonds is 23. The van der Waals surface area contributed by atoms with Crippen LogP contribution < -0.4 is 20.1 Å². The Balaban J connectivity index is 0.000000205. The summed E-state index contributed by atoms with van der Waals surface area (Å²) < 4.78 is 131. The van der Waals surface area contributed by atoms with Crippen molar-refractivity contribution in [2.45, 2.75) is 101 Å². The molecule has 12 rings (SSSR count). The Kier molecular flexibility index (Phi) is 21.8. The maximum atomic E-state index is 14.5. The number of likely N-dealkylation sites (tertiary alicyclic amines) is 1. The predicted molar refractivity (Wildman–Crippen MR) is 346 cm³/mol. The van der Waals surface area contributed by atoms with Crippen molar-refractivity contribution < 1.29 is 64.0 Å². The van der Waals surface area contributed by atoms with Gasteiger partial charge in [-0.1, -0.05) is 99.3 Å². The molecule has 2 saturated carbocycles. The molecule has 16 nitrogen and oxygen atoms in total. The largest absolute Gasteiger partial charge is 0.476 e. The lowest BCUT2D eigenvalue weighted by Crippen LogP contribution is -2.44. The number of aliphatic hydroxyl groups excluding tert-OH is 1. The van der Waals surface area contributed by atoms with Gasteiger partial charge in [0, 0.05) is 87.1 Å². The molecule has 5 N–H and O–H groups in total. The first-order valence-corrected chi connectivity index (χ1v) is 31.1. The molecule has 2 aliphatic carbocycles. The fourth-order valence-corrected chi connectivity index (χ4v) is 11.5. The second-order valence-electron chi connectivity index (χ2n) is 23.9. The number of fused-ring (bicyclic) bond motifs is 2. The number of aromatic amines is 2. The number of aromatic nitrogens is 6. The average molecular weight is 1320 g/mol. The van der Waals surface area contributed by atoms with Crippen LogP contribution in [-0.4, -0.2) is 152 Å². The molecule has 4 fully saturated rings. The number of carbonyl (C=O) groups is 2. The molecule has 0 bridgehead atoms. The van der Waals surface area contributed by atoms with Crippen LogP contribution in [0.2, 0.25) is 0 Å². The van der Waals surface area contributed by atoms with Gasteiger partial charge in [0.1, 0.15) is 13.2 Å². The minimum absolute atomic E-state index is 0. The third kappa shape index (κ3) is 18.0. The van der Waals surface area contributed by atoms with E-state index in [1.807, 2.05) is 13.0 Å². The van der Waals surface area contributed by atoms with E-state index in [1.165, 1.54) is 30.6 Å². The van der Waals surface area contributed by atoms with Crippen molar-refractivity contribution in [1.82, 2.24) is 50.8 Å². The van der Waals surface area contributed by atoms with Crippen LogP contribution in [0.4, 0.5) is 35.1 Å². The van der Waals surface area contributed by atoms with Gasteiger partial charge in [0.25, 0.3) is 0 Å². The van der Waals surface area contributed by atoms with Crippen LogP contribution in [0.1, 0.15) is 99.1 Å². The van der Waals surface area contributed by atoms with Crippen LogP contribution in [0.25, 0.3) is 44.1 Å². The van der Waals surface area contributed by atoms with Gasteiger partial charge in [0.15, 0.2) is 0 Å². The number of allylic oxidation sites excluding steroid dienone is 2. The maximum Gasteiger partial charge on any atom is 0.393 e. The molecule has 500 valence electrons. The number of ether oxygens (including phenoxy) is 3. The van der Waals surface area contributed by atoms with Crippen LogP contribution in [0.15, 0.2) is 158 Å². The Morgan fingerprint density at radius 1 is 0.621 bits per heavy atom. The van der Waals surface area contributed by atoms with Gasteiger partial charge in [-0.25, -0.2) is 9.97 Å². The SMILES string of the molecule is C.CC[C@H]1CN(C(=O)/C=C/CNC2(COc3ccc(/C(=C(/CC(F)(F)F)c4ccccc4)c4ccc5n[nH]c(F)c5c4)cn3)CC2)CCO1.O=C(/C=C/CNC1(COc2ccc(/C(=C(/CC(F)(F)F)c3ccccc3)c3ccc4n[nH]c(F)c4c3)cn2)CC1)N1CC[C@H](O)C1. The Morgan fingerprint density at radius 3 is 1.45 bits per heavy atom. The number of hydrogen-bond acceptors (Lipinski definition) is 12. The Labute approximate surface area is 544 Å². The molecule has 0 spiro atoms. The fourth-order valence-electron chi connectivity index (χ4n) is 11.5. The van der Waals surface area contributed by atoms with Crippen LogP contribution in [-0.2, 0) is 14.3 Å². The van der Waals surface area contributed by atoms with E-state index in [9.17, 15) is 49.8 Å². The number of alkyl halides is 6. The predicted octanol–water partition coefficient (Wildman–Crippen LogP) is 13.0. The van der Waals surface area contributed by atoms with E-state index in [0.717, 1.165) is 32.1 Å². The van der Waals surface area contributed by atoms with E-state index in [4.69, 9.17) is 14.2 Å². The molecule has 8 aromatic rings. The minimum Gasteiger partial charge on any atom is -0.476 e. The summed E-state index contributed by atoms with van der Waals surface area (Å²) in [7, 11) is 0. The molecule has 2 amide bonds. The van der Waals surface area contributed by atoms with Crippen molar-refractivity contribution in [2.24, 2.45) is 0 Å². The van der Waals surface area contributed by atoms with Gasteiger partial charge in [-0.3, -0.25) is 19.8 Å².